The Bertz CT molecular complexity index is 403. The molecule has 0 bridgehead atoms. The molecule has 0 aromatic carbocycles. The van der Waals surface area contributed by atoms with Crippen LogP contribution in [0, 0.1) is 0 Å². The monoisotopic (exact) mass is 456 g/mol. The van der Waals surface area contributed by atoms with Crippen LogP contribution in [0.4, 0.5) is 0 Å². The second kappa shape index (κ2) is 18.5. The van der Waals surface area contributed by atoms with Crippen molar-refractivity contribution in [1.29, 1.82) is 0 Å². The van der Waals surface area contributed by atoms with Crippen molar-refractivity contribution in [3.63, 3.8) is 0 Å². The Kier molecular flexibility index (Phi) is 21.7. The third-order valence-electron chi connectivity index (χ3n) is 0.642. The van der Waals surface area contributed by atoms with Crippen molar-refractivity contribution < 1.29 is 140 Å². The summed E-state index contributed by atoms with van der Waals surface area (Å²) in [6.07, 6.45) is 0. The van der Waals surface area contributed by atoms with E-state index in [9.17, 15) is 8.42 Å². The molecule has 0 aliphatic carbocycles. The van der Waals surface area contributed by atoms with Crippen LogP contribution in [0.2, 0.25) is 0 Å². The Morgan fingerprint density at radius 2 is 0.957 bits per heavy atom. The molecule has 23 heavy (non-hydrogen) atoms. The van der Waals surface area contributed by atoms with Gasteiger partial charge in [-0.15, -0.1) is 0 Å². The number of hydrogen-bond acceptors (Lipinski definition) is 21. The largest absolute Gasteiger partial charge is 1.00 e. The van der Waals surface area contributed by atoms with E-state index in [2.05, 4.69) is 97.2 Å². The third-order valence-corrected chi connectivity index (χ3v) is 5.36. The number of hydrogen-bond donors (Lipinski definition) is 1. The summed E-state index contributed by atoms with van der Waals surface area (Å²) >= 11 is 8.40. The molecule has 0 heterocycles. The smallest absolute Gasteiger partial charge is 0.242 e. The van der Waals surface area contributed by atoms with E-state index < -0.39 is 16.2 Å². The Hall–Kier alpha value is 1.74. The van der Waals surface area contributed by atoms with Crippen molar-refractivity contribution in [3.05, 3.63) is 0 Å². The van der Waals surface area contributed by atoms with Gasteiger partial charge in [-0.25, -0.2) is 43.1 Å². The fourth-order valence-electron chi connectivity index (χ4n) is 0.205. The molecule has 0 saturated heterocycles. The van der Waals surface area contributed by atoms with E-state index in [-0.39, 0.29) is 51.4 Å². The Balaban J connectivity index is 0. The van der Waals surface area contributed by atoms with Gasteiger partial charge in [0.2, 0.25) is 9.15 Å². The summed E-state index contributed by atoms with van der Waals surface area (Å²) in [6, 6.07) is 0. The summed E-state index contributed by atoms with van der Waals surface area (Å²) in [5.41, 5.74) is 0. The van der Waals surface area contributed by atoms with E-state index in [1.165, 1.54) is 0 Å². The maximum Gasteiger partial charge on any atom is 1.00 e. The molecular weight excluding hydrogens is 455 g/mol. The maximum absolute atomic E-state index is 10.8. The Labute approximate surface area is 176 Å². The van der Waals surface area contributed by atoms with Crippen LogP contribution in [0.3, 0.4) is 0 Å². The zero-order valence-electron chi connectivity index (χ0n) is 10.0. The molecule has 23 heteroatoms. The summed E-state index contributed by atoms with van der Waals surface area (Å²) in [4.78, 5) is 0. The fourth-order valence-corrected chi connectivity index (χ4v) is 0.954. The predicted molar refractivity (Wildman–Crippen MR) is 49.9 cm³/mol. The van der Waals surface area contributed by atoms with Gasteiger partial charge in [0.15, 0.2) is 0 Å². The quantitative estimate of drug-likeness (QED) is 0.0580. The normalized spacial score (nSPS) is 11.6. The number of rotatable bonds is 16. The van der Waals surface area contributed by atoms with Crippen LogP contribution in [0.25, 0.3) is 0 Å². The molecule has 0 amide bonds. The molecular formula is HKO18S4. The van der Waals surface area contributed by atoms with Gasteiger partial charge in [0.25, 0.3) is 0 Å². The van der Waals surface area contributed by atoms with Crippen LogP contribution in [0.5, 0.6) is 0 Å². The van der Waals surface area contributed by atoms with Gasteiger partial charge in [-0.3, -0.25) is 0 Å². The zero-order chi connectivity index (χ0) is 16.7. The first-order chi connectivity index (χ1) is 10.5. The van der Waals surface area contributed by atoms with Crippen molar-refractivity contribution in [3.8, 4) is 0 Å². The van der Waals surface area contributed by atoms with E-state index in [0.29, 0.717) is 0 Å². The maximum atomic E-state index is 10.8. The molecule has 18 nitrogen and oxygen atoms in total. The van der Waals surface area contributed by atoms with E-state index >= 15 is 0 Å². The summed E-state index contributed by atoms with van der Waals surface area (Å²) in [7, 11) is -6.33. The molecule has 0 rings (SSSR count). The summed E-state index contributed by atoms with van der Waals surface area (Å²) in [5.74, 6) is 0. The minimum absolute atomic E-state index is 0. The van der Waals surface area contributed by atoms with Gasteiger partial charge >= 0.3 is 51.4 Å². The third kappa shape index (κ3) is 18.3. The molecule has 0 fully saturated rings. The van der Waals surface area contributed by atoms with Crippen LogP contribution in [0.1, 0.15) is 0 Å². The van der Waals surface area contributed by atoms with Gasteiger partial charge < -0.3 is 0 Å². The first kappa shape index (κ1) is 27.0. The minimum Gasteiger partial charge on any atom is -0.242 e. The van der Waals surface area contributed by atoms with Crippen LogP contribution >= 0.6 is 0 Å². The second-order valence-corrected chi connectivity index (χ2v) is 9.12. The topological polar surface area (TPSA) is 193 Å². The molecule has 0 unspecified atom stereocenters. The van der Waals surface area contributed by atoms with E-state index in [1.807, 2.05) is 0 Å². The van der Waals surface area contributed by atoms with Crippen LogP contribution in [-0.2, 0) is 113 Å². The van der Waals surface area contributed by atoms with Crippen LogP contribution in [0.15, 0.2) is 0 Å². The van der Waals surface area contributed by atoms with Gasteiger partial charge in [0.05, 0.1) is 0 Å². The molecule has 0 saturated carbocycles. The van der Waals surface area contributed by atoms with Crippen LogP contribution in [-0.4, -0.2) is 13.7 Å². The molecule has 0 spiro atoms. The summed E-state index contributed by atoms with van der Waals surface area (Å²) in [5, 5.41) is 54.8. The van der Waals surface area contributed by atoms with E-state index in [1.54, 1.807) is 0 Å². The molecule has 0 radical (unpaired) electrons. The molecule has 134 valence electrons. The fraction of sp³-hybridized carbons (Fsp3) is 0. The molecule has 0 aromatic heterocycles. The van der Waals surface area contributed by atoms with Crippen molar-refractivity contribution in [2.45, 2.75) is 0 Å². The first-order valence-corrected chi connectivity index (χ1v) is 8.52. The second-order valence-electron chi connectivity index (χ2n) is 1.64. The Morgan fingerprint density at radius 1 is 0.652 bits per heavy atom. The van der Waals surface area contributed by atoms with Crippen LogP contribution < -0.4 is 51.4 Å². The molecule has 0 aliphatic rings. The van der Waals surface area contributed by atoms with Crippen molar-refractivity contribution in [2.75, 3.05) is 0 Å². The van der Waals surface area contributed by atoms with Gasteiger partial charge in [-0.05, 0) is 70.5 Å². The predicted octanol–water partition coefficient (Wildman–Crippen LogP) is -4.69. The molecule has 0 atom stereocenters. The van der Waals surface area contributed by atoms with Gasteiger partial charge in [0, 0.05) is 0 Å². The Morgan fingerprint density at radius 3 is 1.26 bits per heavy atom. The SMILES string of the molecule is O=S(=O)(OOOOOOOOOOOOOOOO)[S-](=S)=S.[K+]. The van der Waals surface area contributed by atoms with Gasteiger partial charge in [-0.2, -0.15) is 0 Å². The van der Waals surface area contributed by atoms with E-state index in [0.717, 1.165) is 0 Å². The average molecular weight is 456 g/mol. The van der Waals surface area contributed by atoms with E-state index in [4.69, 9.17) is 5.26 Å². The van der Waals surface area contributed by atoms with Gasteiger partial charge in [0.1, 0.15) is 0 Å². The van der Waals surface area contributed by atoms with Crippen molar-refractivity contribution >= 4 is 38.6 Å². The zero-order valence-corrected chi connectivity index (χ0v) is 16.4. The molecule has 0 aromatic rings. The average Bonchev–Trinajstić information content (AvgIpc) is 2.47. The standard InChI is InChI=1S/K.HO18S4/c;1-4-5-6-7-8-9-10-11-12-13-14-15-16-17-18-22(2,3)21(19)20/h;1H/q+1;-1. The summed E-state index contributed by atoms with van der Waals surface area (Å²) in [6.45, 7) is 0. The first-order valence-electron chi connectivity index (χ1n) is 3.52. The summed E-state index contributed by atoms with van der Waals surface area (Å²) < 4.78 is 25.1. The van der Waals surface area contributed by atoms with Crippen molar-refractivity contribution in [1.82, 2.24) is 0 Å². The molecule has 1 N–H and O–H groups in total. The van der Waals surface area contributed by atoms with Crippen molar-refractivity contribution in [2.24, 2.45) is 0 Å². The molecule has 0 aliphatic heterocycles. The minimum atomic E-state index is -4.34. The van der Waals surface area contributed by atoms with Gasteiger partial charge in [-0.1, -0.05) is 4.33 Å².